The van der Waals surface area contributed by atoms with Crippen LogP contribution in [0.25, 0.3) is 0 Å². The molecule has 0 aliphatic heterocycles. The van der Waals surface area contributed by atoms with Crippen LogP contribution >= 0.6 is 24.0 Å². The predicted octanol–water partition coefficient (Wildman–Crippen LogP) is 1.63. The number of amides is 1. The summed E-state index contributed by atoms with van der Waals surface area (Å²) in [5, 5.41) is 0.661. The summed E-state index contributed by atoms with van der Waals surface area (Å²) in [6.45, 7) is 2.08. The van der Waals surface area contributed by atoms with E-state index in [1.54, 1.807) is 4.90 Å². The molecule has 1 rings (SSSR count). The van der Waals surface area contributed by atoms with Crippen LogP contribution in [0.15, 0.2) is 24.3 Å². The third-order valence-electron chi connectivity index (χ3n) is 3.05. The van der Waals surface area contributed by atoms with E-state index in [1.165, 1.54) is 7.11 Å². The molecule has 22 heavy (non-hydrogen) atoms. The molecule has 0 saturated carbocycles. The van der Waals surface area contributed by atoms with Gasteiger partial charge in [0, 0.05) is 31.8 Å². The molecule has 0 heterocycles. The van der Waals surface area contributed by atoms with Gasteiger partial charge in [-0.3, -0.25) is 4.79 Å². The van der Waals surface area contributed by atoms with Gasteiger partial charge >= 0.3 is 0 Å². The lowest BCUT2D eigenvalue weighted by atomic mass is 10.2. The number of ether oxygens (including phenoxy) is 1. The number of likely N-dealkylation sites (N-methyl/N-ethyl adjacent to an activating group) is 1. The summed E-state index contributed by atoms with van der Waals surface area (Å²) in [5.41, 5.74) is 6.85. The second-order valence-electron chi connectivity index (χ2n) is 5.25. The lowest BCUT2D eigenvalue weighted by Gasteiger charge is -2.27. The van der Waals surface area contributed by atoms with Crippen LogP contribution < -0.4 is 5.73 Å². The van der Waals surface area contributed by atoms with Gasteiger partial charge in [-0.25, -0.2) is 0 Å². The van der Waals surface area contributed by atoms with E-state index in [2.05, 4.69) is 0 Å². The van der Waals surface area contributed by atoms with Crippen LogP contribution in [0.5, 0.6) is 0 Å². The van der Waals surface area contributed by atoms with Crippen LogP contribution in [0.4, 0.5) is 0 Å². The zero-order valence-corrected chi connectivity index (χ0v) is 14.9. The molecule has 0 radical (unpaired) electrons. The summed E-state index contributed by atoms with van der Waals surface area (Å²) in [6.07, 6.45) is 0. The third kappa shape index (κ3) is 7.42. The van der Waals surface area contributed by atoms with E-state index in [-0.39, 0.29) is 24.9 Å². The minimum atomic E-state index is -0.642. The molecule has 0 fully saturated rings. The van der Waals surface area contributed by atoms with E-state index in [0.29, 0.717) is 18.1 Å². The van der Waals surface area contributed by atoms with E-state index in [9.17, 15) is 4.79 Å². The summed E-state index contributed by atoms with van der Waals surface area (Å²) in [4.78, 5) is 16.2. The Morgan fingerprint density at radius 1 is 1.36 bits per heavy atom. The van der Waals surface area contributed by atoms with Crippen molar-refractivity contribution in [2.45, 2.75) is 12.6 Å². The monoisotopic (exact) mass is 349 g/mol. The minimum absolute atomic E-state index is 0. The first kappa shape index (κ1) is 21.1. The molecule has 126 valence electrons. The van der Waals surface area contributed by atoms with Gasteiger partial charge in [0.15, 0.2) is 0 Å². The summed E-state index contributed by atoms with van der Waals surface area (Å²) in [7, 11) is 5.47. The van der Waals surface area contributed by atoms with Crippen molar-refractivity contribution in [2.75, 3.05) is 40.9 Å². The summed E-state index contributed by atoms with van der Waals surface area (Å²) in [5.74, 6) is -0.112. The summed E-state index contributed by atoms with van der Waals surface area (Å²) >= 11 is 5.99. The Bertz CT molecular complexity index is 458. The van der Waals surface area contributed by atoms with Gasteiger partial charge in [0.25, 0.3) is 0 Å². The molecule has 1 aromatic rings. The summed E-state index contributed by atoms with van der Waals surface area (Å²) in [6, 6.07) is 6.86. The molecule has 0 spiro atoms. The lowest BCUT2D eigenvalue weighted by molar-refractivity contribution is -0.134. The van der Waals surface area contributed by atoms with Gasteiger partial charge in [-0.05, 0) is 31.8 Å². The molecule has 1 amide bonds. The van der Waals surface area contributed by atoms with E-state index >= 15 is 0 Å². The molecule has 0 bridgehead atoms. The first-order chi connectivity index (χ1) is 9.93. The molecule has 1 unspecified atom stereocenters. The molecule has 0 saturated heterocycles. The number of halogens is 2. The zero-order valence-electron chi connectivity index (χ0n) is 13.3. The van der Waals surface area contributed by atoms with Gasteiger partial charge in [-0.2, -0.15) is 0 Å². The van der Waals surface area contributed by atoms with Crippen LogP contribution in [-0.2, 0) is 16.1 Å². The number of nitrogens with two attached hydrogens (primary N) is 1. The number of hydrogen-bond donors (Lipinski definition) is 1. The Morgan fingerprint density at radius 3 is 2.59 bits per heavy atom. The Labute approximate surface area is 143 Å². The van der Waals surface area contributed by atoms with Crippen molar-refractivity contribution in [3.8, 4) is 0 Å². The first-order valence-electron chi connectivity index (χ1n) is 6.86. The Morgan fingerprint density at radius 2 is 2.05 bits per heavy atom. The van der Waals surface area contributed by atoms with Gasteiger partial charge in [0.1, 0.15) is 6.04 Å². The average molecular weight is 350 g/mol. The van der Waals surface area contributed by atoms with Crippen LogP contribution in [0.2, 0.25) is 5.02 Å². The quantitative estimate of drug-likeness (QED) is 0.774. The number of benzene rings is 1. The molecule has 0 aromatic heterocycles. The maximum absolute atomic E-state index is 12.4. The maximum atomic E-state index is 12.4. The minimum Gasteiger partial charge on any atom is -0.383 e. The van der Waals surface area contributed by atoms with Crippen LogP contribution in [0.1, 0.15) is 5.56 Å². The fourth-order valence-electron chi connectivity index (χ4n) is 1.93. The van der Waals surface area contributed by atoms with Crippen molar-refractivity contribution in [1.29, 1.82) is 0 Å². The van der Waals surface area contributed by atoms with Crippen molar-refractivity contribution in [3.63, 3.8) is 0 Å². The highest BCUT2D eigenvalue weighted by atomic mass is 35.5. The molecule has 2 N–H and O–H groups in total. The summed E-state index contributed by atoms with van der Waals surface area (Å²) < 4.78 is 4.97. The van der Waals surface area contributed by atoms with Gasteiger partial charge < -0.3 is 20.3 Å². The second kappa shape index (κ2) is 10.8. The lowest BCUT2D eigenvalue weighted by Crippen LogP contribution is -2.47. The number of nitrogens with zero attached hydrogens (tertiary/aromatic N) is 2. The number of hydrogen-bond acceptors (Lipinski definition) is 4. The third-order valence-corrected chi connectivity index (χ3v) is 3.29. The average Bonchev–Trinajstić information content (AvgIpc) is 2.42. The van der Waals surface area contributed by atoms with Crippen LogP contribution in [0, 0.1) is 0 Å². The molecule has 5 nitrogen and oxygen atoms in total. The fraction of sp³-hybridized carbons (Fsp3) is 0.533. The van der Waals surface area contributed by atoms with Crippen molar-refractivity contribution in [1.82, 2.24) is 9.80 Å². The number of methoxy groups -OCH3 is 1. The van der Waals surface area contributed by atoms with Crippen LogP contribution in [0.3, 0.4) is 0 Å². The topological polar surface area (TPSA) is 58.8 Å². The van der Waals surface area contributed by atoms with E-state index in [1.807, 2.05) is 43.3 Å². The van der Waals surface area contributed by atoms with Crippen molar-refractivity contribution in [2.24, 2.45) is 5.73 Å². The number of carbonyl (C=O) groups is 1. The molecular weight excluding hydrogens is 325 g/mol. The Balaban J connectivity index is 0.00000441. The predicted molar refractivity (Wildman–Crippen MR) is 92.5 cm³/mol. The molecule has 7 heteroatoms. The van der Waals surface area contributed by atoms with Crippen molar-refractivity contribution in [3.05, 3.63) is 34.9 Å². The molecule has 1 atom stereocenters. The zero-order chi connectivity index (χ0) is 15.8. The van der Waals surface area contributed by atoms with Gasteiger partial charge in [0.2, 0.25) is 5.91 Å². The first-order valence-corrected chi connectivity index (χ1v) is 7.24. The molecule has 0 aliphatic rings. The van der Waals surface area contributed by atoms with E-state index in [4.69, 9.17) is 22.1 Å². The SMILES string of the molecule is COCC(N)C(=O)N(CCN(C)C)Cc1cccc(Cl)c1.Cl. The van der Waals surface area contributed by atoms with Crippen molar-refractivity contribution < 1.29 is 9.53 Å². The normalized spacial score (nSPS) is 11.9. The smallest absolute Gasteiger partial charge is 0.242 e. The van der Waals surface area contributed by atoms with Gasteiger partial charge in [-0.15, -0.1) is 12.4 Å². The highest BCUT2D eigenvalue weighted by Gasteiger charge is 2.21. The van der Waals surface area contributed by atoms with Crippen molar-refractivity contribution >= 4 is 29.9 Å². The highest BCUT2D eigenvalue weighted by molar-refractivity contribution is 6.30. The Kier molecular flexibility index (Phi) is 10.4. The largest absolute Gasteiger partial charge is 0.383 e. The number of rotatable bonds is 8. The van der Waals surface area contributed by atoms with E-state index < -0.39 is 6.04 Å². The molecule has 0 aliphatic carbocycles. The Hall–Kier alpha value is -0.850. The maximum Gasteiger partial charge on any atom is 0.242 e. The fourth-order valence-corrected chi connectivity index (χ4v) is 2.14. The molecule has 1 aromatic carbocycles. The van der Waals surface area contributed by atoms with Gasteiger partial charge in [0.05, 0.1) is 6.61 Å². The van der Waals surface area contributed by atoms with E-state index in [0.717, 1.165) is 12.1 Å². The highest BCUT2D eigenvalue weighted by Crippen LogP contribution is 2.13. The molecular formula is C15H25Cl2N3O2. The standard InChI is InChI=1S/C15H24ClN3O2.ClH/c1-18(2)7-8-19(15(20)14(17)11-21-3)10-12-5-4-6-13(16)9-12;/h4-6,9,14H,7-8,10-11,17H2,1-3H3;1H. The second-order valence-corrected chi connectivity index (χ2v) is 5.69. The number of carbonyl (C=O) groups excluding carboxylic acids is 1. The van der Waals surface area contributed by atoms with Crippen LogP contribution in [-0.4, -0.2) is 62.7 Å². The van der Waals surface area contributed by atoms with Gasteiger partial charge in [-0.1, -0.05) is 23.7 Å².